The molecule has 0 atom stereocenters. The lowest BCUT2D eigenvalue weighted by atomic mass is 10.2. The van der Waals surface area contributed by atoms with Crippen LogP contribution in [-0.4, -0.2) is 52.0 Å². The van der Waals surface area contributed by atoms with Crippen LogP contribution in [0.15, 0.2) is 48.1 Å². The quantitative estimate of drug-likeness (QED) is 0.397. The monoisotopic (exact) mass is 525 g/mol. The van der Waals surface area contributed by atoms with Gasteiger partial charge in [-0.2, -0.15) is 18.2 Å². The largest absolute Gasteiger partial charge is 0.491 e. The van der Waals surface area contributed by atoms with Crippen molar-refractivity contribution in [2.45, 2.75) is 25.6 Å². The van der Waals surface area contributed by atoms with Crippen LogP contribution in [0.5, 0.6) is 11.6 Å². The van der Waals surface area contributed by atoms with E-state index in [2.05, 4.69) is 4.98 Å². The molecule has 1 saturated carbocycles. The van der Waals surface area contributed by atoms with Crippen molar-refractivity contribution in [3.8, 4) is 11.6 Å². The molecule has 1 fully saturated rings. The highest BCUT2D eigenvalue weighted by Gasteiger charge is 2.38. The summed E-state index contributed by atoms with van der Waals surface area (Å²) in [5.74, 6) is -1.37. The molecule has 2 N–H and O–H groups in total. The topological polar surface area (TPSA) is 122 Å². The molecule has 2 aromatic heterocycles. The molecule has 0 bridgehead atoms. The maximum Gasteiger partial charge on any atom is 0.490 e. The number of hydrogen-bond acceptors (Lipinski definition) is 8. The van der Waals surface area contributed by atoms with E-state index in [1.54, 1.807) is 48.2 Å². The molecule has 1 aliphatic carbocycles. The Morgan fingerprint density at radius 1 is 1.14 bits per heavy atom. The molecule has 36 heavy (non-hydrogen) atoms. The molecule has 192 valence electrons. The summed E-state index contributed by atoms with van der Waals surface area (Å²) in [6, 6.07) is 10.4. The van der Waals surface area contributed by atoms with Crippen LogP contribution in [0.2, 0.25) is 0 Å². The summed E-state index contributed by atoms with van der Waals surface area (Å²) in [6.07, 6.45) is -0.887. The maximum atomic E-state index is 11.2. The lowest BCUT2D eigenvalue weighted by Gasteiger charge is -2.24. The average molecular weight is 526 g/mol. The van der Waals surface area contributed by atoms with E-state index in [9.17, 15) is 23.1 Å². The predicted molar refractivity (Wildman–Crippen MR) is 124 cm³/mol. The minimum absolute atomic E-state index is 0.239. The highest BCUT2D eigenvalue weighted by molar-refractivity contribution is 7.09. The highest BCUT2D eigenvalue weighted by atomic mass is 32.1. The number of halogens is 3. The first-order valence-corrected chi connectivity index (χ1v) is 11.4. The van der Waals surface area contributed by atoms with Gasteiger partial charge in [0.05, 0.1) is 31.3 Å². The van der Waals surface area contributed by atoms with Gasteiger partial charge in [-0.3, -0.25) is 4.98 Å². The Hall–Kier alpha value is -3.87. The molecule has 1 aliphatic rings. The van der Waals surface area contributed by atoms with Gasteiger partial charge in [-0.25, -0.2) is 9.59 Å². The second-order valence-corrected chi connectivity index (χ2v) is 8.61. The molecule has 13 heteroatoms. The lowest BCUT2D eigenvalue weighted by molar-refractivity contribution is -0.192. The van der Waals surface area contributed by atoms with Gasteiger partial charge in [0.1, 0.15) is 5.82 Å². The Labute approximate surface area is 207 Å². The Kier molecular flexibility index (Phi) is 8.69. The van der Waals surface area contributed by atoms with Gasteiger partial charge in [0.15, 0.2) is 5.75 Å². The Morgan fingerprint density at radius 2 is 1.81 bits per heavy atom. The van der Waals surface area contributed by atoms with Crippen LogP contribution in [0, 0.1) is 5.92 Å². The third-order valence-corrected chi connectivity index (χ3v) is 5.69. The number of nitrogens with zero attached hydrogens (tertiary/aromatic N) is 3. The van der Waals surface area contributed by atoms with Crippen LogP contribution in [0.25, 0.3) is 0 Å². The molecule has 1 aromatic carbocycles. The summed E-state index contributed by atoms with van der Waals surface area (Å²) in [4.78, 5) is 32.0. The van der Waals surface area contributed by atoms with Crippen molar-refractivity contribution < 1.29 is 42.4 Å². The van der Waals surface area contributed by atoms with Crippen LogP contribution in [0.4, 0.5) is 24.7 Å². The summed E-state index contributed by atoms with van der Waals surface area (Å²) >= 11 is 1.55. The number of pyridine rings is 1. The molecule has 4 rings (SSSR count). The molecule has 0 aliphatic heterocycles. The number of alkyl halides is 3. The normalized spacial score (nSPS) is 12.8. The van der Waals surface area contributed by atoms with E-state index in [1.807, 2.05) is 23.2 Å². The first kappa shape index (κ1) is 26.7. The second kappa shape index (κ2) is 11.7. The number of methoxy groups -OCH3 is 1. The number of aromatic nitrogens is 2. The van der Waals surface area contributed by atoms with Crippen LogP contribution >= 0.6 is 11.3 Å². The van der Waals surface area contributed by atoms with E-state index in [1.165, 1.54) is 12.8 Å². The fourth-order valence-corrected chi connectivity index (χ4v) is 3.46. The molecule has 9 nitrogen and oxygen atoms in total. The number of hydrogen-bond donors (Lipinski definition) is 2. The molecule has 0 spiro atoms. The van der Waals surface area contributed by atoms with Crippen molar-refractivity contribution in [3.63, 3.8) is 0 Å². The number of aromatic carboxylic acids is 1. The second-order valence-electron chi connectivity index (χ2n) is 7.64. The third-order valence-electron chi connectivity index (χ3n) is 4.93. The minimum Gasteiger partial charge on any atom is -0.491 e. The van der Waals surface area contributed by atoms with Gasteiger partial charge in [-0.15, -0.1) is 11.3 Å². The fourth-order valence-electron chi connectivity index (χ4n) is 2.87. The lowest BCUT2D eigenvalue weighted by Crippen LogP contribution is -2.21. The van der Waals surface area contributed by atoms with Crippen molar-refractivity contribution in [2.24, 2.45) is 5.92 Å². The molecule has 2 heterocycles. The number of thiazole rings is 1. The SMILES string of the molecule is COc1ccc(N(Cc2cncs2)c2ccc(C(=O)O)cc2)nc1OCC1CC1.O=C(O)C(F)(F)F. The zero-order chi connectivity index (χ0) is 26.3. The van der Waals surface area contributed by atoms with Crippen molar-refractivity contribution >= 4 is 34.8 Å². The van der Waals surface area contributed by atoms with E-state index < -0.39 is 18.1 Å². The number of rotatable bonds is 9. The third kappa shape index (κ3) is 7.57. The van der Waals surface area contributed by atoms with Gasteiger partial charge < -0.3 is 24.6 Å². The number of carboxylic acid groups (broad SMARTS) is 2. The van der Waals surface area contributed by atoms with Gasteiger partial charge in [0, 0.05) is 16.8 Å². The van der Waals surface area contributed by atoms with E-state index in [0.29, 0.717) is 36.5 Å². The number of benzene rings is 1. The van der Waals surface area contributed by atoms with Gasteiger partial charge in [-0.1, -0.05) is 0 Å². The molecular weight excluding hydrogens is 503 g/mol. The van der Waals surface area contributed by atoms with Crippen LogP contribution in [0.1, 0.15) is 28.1 Å². The Balaban J connectivity index is 0.000000454. The van der Waals surface area contributed by atoms with Crippen LogP contribution in [0.3, 0.4) is 0 Å². The zero-order valence-corrected chi connectivity index (χ0v) is 19.8. The minimum atomic E-state index is -5.08. The Morgan fingerprint density at radius 3 is 2.31 bits per heavy atom. The van der Waals surface area contributed by atoms with E-state index in [-0.39, 0.29) is 5.56 Å². The summed E-state index contributed by atoms with van der Waals surface area (Å²) in [5, 5.41) is 16.3. The molecule has 0 amide bonds. The van der Waals surface area contributed by atoms with Gasteiger partial charge in [-0.05, 0) is 55.2 Å². The number of aliphatic carboxylic acids is 1. The smallest absolute Gasteiger partial charge is 0.490 e. The van der Waals surface area contributed by atoms with Gasteiger partial charge >= 0.3 is 18.1 Å². The van der Waals surface area contributed by atoms with Crippen LogP contribution in [-0.2, 0) is 11.3 Å². The Bertz CT molecular complexity index is 1170. The zero-order valence-electron chi connectivity index (χ0n) is 18.9. The average Bonchev–Trinajstić information content (AvgIpc) is 3.53. The molecule has 3 aromatic rings. The van der Waals surface area contributed by atoms with E-state index in [4.69, 9.17) is 24.4 Å². The van der Waals surface area contributed by atoms with Crippen molar-refractivity contribution in [2.75, 3.05) is 18.6 Å². The molecule has 0 unspecified atom stereocenters. The number of anilines is 2. The standard InChI is InChI=1S/C21H21N3O4S.C2HF3O2/c1-27-18-8-9-19(23-20(18)28-12-14-2-3-14)24(11-17-10-22-13-29-17)16-6-4-15(5-7-16)21(25)26;3-2(4,5)1(6)7/h4-10,13-14H,2-3,11-12H2,1H3,(H,25,26);(H,6,7). The van der Waals surface area contributed by atoms with Crippen molar-refractivity contribution in [1.29, 1.82) is 0 Å². The summed E-state index contributed by atoms with van der Waals surface area (Å²) in [6.45, 7) is 1.19. The van der Waals surface area contributed by atoms with Crippen LogP contribution < -0.4 is 14.4 Å². The van der Waals surface area contributed by atoms with E-state index >= 15 is 0 Å². The van der Waals surface area contributed by atoms with Crippen molar-refractivity contribution in [3.05, 3.63) is 58.5 Å². The number of carboxylic acids is 2. The molecule has 0 radical (unpaired) electrons. The number of ether oxygens (including phenoxy) is 2. The predicted octanol–water partition coefficient (Wildman–Crippen LogP) is 5.01. The van der Waals surface area contributed by atoms with E-state index in [0.717, 1.165) is 10.6 Å². The molecular formula is C23H22F3N3O6S. The first-order valence-electron chi connectivity index (χ1n) is 10.5. The fraction of sp³-hybridized carbons (Fsp3) is 0.304. The first-order chi connectivity index (χ1) is 17.1. The van der Waals surface area contributed by atoms with Crippen molar-refractivity contribution in [1.82, 2.24) is 9.97 Å². The summed E-state index contributed by atoms with van der Waals surface area (Å²) in [5.41, 5.74) is 2.85. The van der Waals surface area contributed by atoms with Gasteiger partial charge in [0.25, 0.3) is 5.88 Å². The summed E-state index contributed by atoms with van der Waals surface area (Å²) in [7, 11) is 1.60. The number of carbonyl (C=O) groups is 2. The highest BCUT2D eigenvalue weighted by Crippen LogP contribution is 2.35. The summed E-state index contributed by atoms with van der Waals surface area (Å²) < 4.78 is 43.1. The van der Waals surface area contributed by atoms with Gasteiger partial charge in [0.2, 0.25) is 0 Å². The molecule has 0 saturated heterocycles. The maximum absolute atomic E-state index is 11.2.